The van der Waals surface area contributed by atoms with Gasteiger partial charge in [0.05, 0.1) is 25.8 Å². The highest BCUT2D eigenvalue weighted by Gasteiger charge is 2.27. The van der Waals surface area contributed by atoms with E-state index in [4.69, 9.17) is 15.2 Å². The molecule has 1 heterocycles. The number of benzene rings is 2. The number of piperidine rings is 1. The molecule has 1 fully saturated rings. The van der Waals surface area contributed by atoms with Gasteiger partial charge in [-0.05, 0) is 43.2 Å². The predicted octanol–water partition coefficient (Wildman–Crippen LogP) is 3.35. The molecular weight excluding hydrogens is 406 g/mol. The topological polar surface area (TPSA) is 93.9 Å². The smallest absolute Gasteiger partial charge is 0.227 e. The van der Waals surface area contributed by atoms with E-state index in [-0.39, 0.29) is 30.1 Å². The Kier molecular flexibility index (Phi) is 8.80. The third-order valence-electron chi connectivity index (χ3n) is 5.04. The maximum atomic E-state index is 12.5. The summed E-state index contributed by atoms with van der Waals surface area (Å²) in [5.41, 5.74) is 7.00. The lowest BCUT2D eigenvalue weighted by molar-refractivity contribution is -0.135. The van der Waals surface area contributed by atoms with Crippen molar-refractivity contribution in [1.29, 1.82) is 0 Å². The van der Waals surface area contributed by atoms with Crippen molar-refractivity contribution in [2.45, 2.75) is 19.3 Å². The van der Waals surface area contributed by atoms with Gasteiger partial charge < -0.3 is 25.4 Å². The van der Waals surface area contributed by atoms with Gasteiger partial charge in [-0.2, -0.15) is 0 Å². The molecule has 3 N–H and O–H groups in total. The molecule has 30 heavy (non-hydrogen) atoms. The molecule has 1 saturated heterocycles. The van der Waals surface area contributed by atoms with Gasteiger partial charge in [0, 0.05) is 24.7 Å². The number of hydrogen-bond donors (Lipinski definition) is 2. The number of likely N-dealkylation sites (tertiary alicyclic amines) is 1. The largest absolute Gasteiger partial charge is 0.495 e. The molecule has 1 aliphatic heterocycles. The molecule has 162 valence electrons. The van der Waals surface area contributed by atoms with Gasteiger partial charge in [0.2, 0.25) is 11.8 Å². The molecule has 0 radical (unpaired) electrons. The molecule has 1 aliphatic rings. The Morgan fingerprint density at radius 2 is 1.83 bits per heavy atom. The maximum Gasteiger partial charge on any atom is 0.227 e. The molecule has 0 atom stereocenters. The number of nitrogens with one attached hydrogen (secondary N) is 1. The van der Waals surface area contributed by atoms with E-state index in [1.165, 1.54) is 0 Å². The van der Waals surface area contributed by atoms with Gasteiger partial charge in [0.1, 0.15) is 11.5 Å². The van der Waals surface area contributed by atoms with E-state index in [2.05, 4.69) is 5.32 Å². The highest BCUT2D eigenvalue weighted by atomic mass is 35.5. The van der Waals surface area contributed by atoms with Gasteiger partial charge in [-0.15, -0.1) is 12.4 Å². The number of nitrogens with zero attached hydrogens (tertiary/aromatic N) is 1. The minimum Gasteiger partial charge on any atom is -0.495 e. The summed E-state index contributed by atoms with van der Waals surface area (Å²) in [5.74, 6) is 1.22. The van der Waals surface area contributed by atoms with Crippen LogP contribution < -0.4 is 20.5 Å². The van der Waals surface area contributed by atoms with Crippen molar-refractivity contribution < 1.29 is 19.1 Å². The van der Waals surface area contributed by atoms with Crippen LogP contribution >= 0.6 is 12.4 Å². The minimum atomic E-state index is -0.122. The molecule has 2 aromatic rings. The zero-order chi connectivity index (χ0) is 20.6. The van der Waals surface area contributed by atoms with E-state index in [0.29, 0.717) is 56.1 Å². The first-order chi connectivity index (χ1) is 14.1. The first-order valence-electron chi connectivity index (χ1n) is 9.77. The van der Waals surface area contributed by atoms with Crippen molar-refractivity contribution in [2.75, 3.05) is 37.9 Å². The SMILES string of the molecule is COc1ccc(NC(=O)C2CCN(C(=O)CCOc3ccccc3)CC2)cc1N.Cl. The van der Waals surface area contributed by atoms with E-state index in [1.807, 2.05) is 35.2 Å². The van der Waals surface area contributed by atoms with E-state index >= 15 is 0 Å². The summed E-state index contributed by atoms with van der Waals surface area (Å²) in [7, 11) is 1.55. The molecule has 0 aliphatic carbocycles. The summed E-state index contributed by atoms with van der Waals surface area (Å²) in [6, 6.07) is 14.6. The maximum absolute atomic E-state index is 12.5. The molecule has 8 heteroatoms. The number of methoxy groups -OCH3 is 1. The first-order valence-corrected chi connectivity index (χ1v) is 9.77. The zero-order valence-corrected chi connectivity index (χ0v) is 17.8. The van der Waals surface area contributed by atoms with Crippen LogP contribution in [0.5, 0.6) is 11.5 Å². The number of para-hydroxylation sites is 1. The molecule has 2 amide bonds. The Morgan fingerprint density at radius 1 is 1.13 bits per heavy atom. The number of carbonyl (C=O) groups excluding carboxylic acids is 2. The molecule has 0 unspecified atom stereocenters. The average molecular weight is 434 g/mol. The second-order valence-corrected chi connectivity index (χ2v) is 7.01. The number of ether oxygens (including phenoxy) is 2. The molecular formula is C22H28ClN3O4. The van der Waals surface area contributed by atoms with E-state index in [0.717, 1.165) is 5.75 Å². The van der Waals surface area contributed by atoms with Crippen LogP contribution in [0.2, 0.25) is 0 Å². The number of amides is 2. The zero-order valence-electron chi connectivity index (χ0n) is 17.0. The van der Waals surface area contributed by atoms with Crippen LogP contribution in [0.4, 0.5) is 11.4 Å². The Balaban J connectivity index is 0.00000320. The van der Waals surface area contributed by atoms with Crippen molar-refractivity contribution in [2.24, 2.45) is 5.92 Å². The fraction of sp³-hybridized carbons (Fsp3) is 0.364. The standard InChI is InChI=1S/C22H27N3O4.ClH/c1-28-20-8-7-17(15-19(20)23)24-22(27)16-9-12-25(13-10-16)21(26)11-14-29-18-5-3-2-4-6-18;/h2-8,15-16H,9-14,23H2,1H3,(H,24,27);1H. The fourth-order valence-electron chi connectivity index (χ4n) is 3.38. The highest BCUT2D eigenvalue weighted by Crippen LogP contribution is 2.26. The average Bonchev–Trinajstić information content (AvgIpc) is 2.74. The Labute approximate surface area is 182 Å². The first kappa shape index (κ1) is 23.3. The molecule has 3 rings (SSSR count). The predicted molar refractivity (Wildman–Crippen MR) is 119 cm³/mol. The van der Waals surface area contributed by atoms with Gasteiger partial charge >= 0.3 is 0 Å². The van der Waals surface area contributed by atoms with Crippen molar-refractivity contribution in [1.82, 2.24) is 4.90 Å². The van der Waals surface area contributed by atoms with Gasteiger partial charge in [0.25, 0.3) is 0 Å². The summed E-state index contributed by atoms with van der Waals surface area (Å²) in [5, 5.41) is 2.90. The lowest BCUT2D eigenvalue weighted by atomic mass is 9.95. The fourth-order valence-corrected chi connectivity index (χ4v) is 3.38. The summed E-state index contributed by atoms with van der Waals surface area (Å²) in [6.45, 7) is 1.50. The van der Waals surface area contributed by atoms with Crippen LogP contribution in [0, 0.1) is 5.92 Å². The van der Waals surface area contributed by atoms with Gasteiger partial charge in [-0.25, -0.2) is 0 Å². The third-order valence-corrected chi connectivity index (χ3v) is 5.04. The van der Waals surface area contributed by atoms with Crippen LogP contribution in [0.25, 0.3) is 0 Å². The number of nitrogens with two attached hydrogens (primary N) is 1. The van der Waals surface area contributed by atoms with Crippen molar-refractivity contribution >= 4 is 35.6 Å². The minimum absolute atomic E-state index is 0. The summed E-state index contributed by atoms with van der Waals surface area (Å²) < 4.78 is 10.7. The number of nitrogen functional groups attached to an aromatic ring is 1. The normalized spacial score (nSPS) is 13.8. The molecule has 7 nitrogen and oxygen atoms in total. The molecule has 2 aromatic carbocycles. The van der Waals surface area contributed by atoms with E-state index in [1.54, 1.807) is 25.3 Å². The van der Waals surface area contributed by atoms with Crippen LogP contribution in [-0.2, 0) is 9.59 Å². The van der Waals surface area contributed by atoms with Crippen LogP contribution in [0.1, 0.15) is 19.3 Å². The van der Waals surface area contributed by atoms with Gasteiger partial charge in [0.15, 0.2) is 0 Å². The summed E-state index contributed by atoms with van der Waals surface area (Å²) in [4.78, 5) is 26.7. The Morgan fingerprint density at radius 3 is 2.47 bits per heavy atom. The number of halogens is 1. The molecule has 0 aromatic heterocycles. The molecule has 0 bridgehead atoms. The number of anilines is 2. The quantitative estimate of drug-likeness (QED) is 0.653. The number of rotatable bonds is 7. The van der Waals surface area contributed by atoms with E-state index < -0.39 is 0 Å². The van der Waals surface area contributed by atoms with Crippen LogP contribution in [-0.4, -0.2) is 43.5 Å². The number of hydrogen-bond acceptors (Lipinski definition) is 5. The van der Waals surface area contributed by atoms with Crippen molar-refractivity contribution in [3.05, 3.63) is 48.5 Å². The highest BCUT2D eigenvalue weighted by molar-refractivity contribution is 5.93. The second-order valence-electron chi connectivity index (χ2n) is 7.01. The van der Waals surface area contributed by atoms with E-state index in [9.17, 15) is 9.59 Å². The summed E-state index contributed by atoms with van der Waals surface area (Å²) in [6.07, 6.45) is 1.61. The van der Waals surface area contributed by atoms with Gasteiger partial charge in [-0.3, -0.25) is 9.59 Å². The van der Waals surface area contributed by atoms with Gasteiger partial charge in [-0.1, -0.05) is 18.2 Å². The lowest BCUT2D eigenvalue weighted by Crippen LogP contribution is -2.41. The summed E-state index contributed by atoms with van der Waals surface area (Å²) >= 11 is 0. The van der Waals surface area contributed by atoms with Crippen molar-refractivity contribution in [3.63, 3.8) is 0 Å². The third kappa shape index (κ3) is 6.29. The second kappa shape index (κ2) is 11.3. The molecule has 0 spiro atoms. The van der Waals surface area contributed by atoms with Crippen LogP contribution in [0.15, 0.2) is 48.5 Å². The number of carbonyl (C=O) groups is 2. The van der Waals surface area contributed by atoms with Crippen molar-refractivity contribution in [3.8, 4) is 11.5 Å². The van der Waals surface area contributed by atoms with Crippen LogP contribution in [0.3, 0.4) is 0 Å². The Hall–Kier alpha value is -2.93. The lowest BCUT2D eigenvalue weighted by Gasteiger charge is -2.31. The monoisotopic (exact) mass is 433 g/mol. The Bertz CT molecular complexity index is 840. The molecule has 0 saturated carbocycles.